The average molecular weight is 573 g/mol. The van der Waals surface area contributed by atoms with Gasteiger partial charge in [-0.05, 0) is 63.4 Å². The summed E-state index contributed by atoms with van der Waals surface area (Å²) in [6, 6.07) is 1.92. The Kier molecular flexibility index (Phi) is 9.89. The van der Waals surface area contributed by atoms with E-state index in [9.17, 15) is 34.8 Å². The van der Waals surface area contributed by atoms with Crippen LogP contribution in [0.1, 0.15) is 70.1 Å². The Morgan fingerprint density at radius 3 is 2.29 bits per heavy atom. The lowest BCUT2D eigenvalue weighted by atomic mass is 9.59. The Bertz CT molecular complexity index is 1280. The highest BCUT2D eigenvalue weighted by Crippen LogP contribution is 2.53. The van der Waals surface area contributed by atoms with Crippen LogP contribution in [0, 0.1) is 11.8 Å². The van der Waals surface area contributed by atoms with Crippen molar-refractivity contribution in [2.75, 3.05) is 25.9 Å². The monoisotopic (exact) mass is 572 g/mol. The molecule has 3 aliphatic carbocycles. The molecule has 0 radical (unpaired) electrons. The van der Waals surface area contributed by atoms with E-state index in [0.29, 0.717) is 23.4 Å². The molecule has 1 heterocycles. The topological polar surface area (TPSA) is 199 Å². The maximum absolute atomic E-state index is 13.6. The van der Waals surface area contributed by atoms with E-state index in [0.717, 1.165) is 25.9 Å². The highest BCUT2D eigenvalue weighted by molar-refractivity contribution is 6.22. The number of hydrogen-bond acceptors (Lipinski definition) is 10. The summed E-state index contributed by atoms with van der Waals surface area (Å²) in [6.45, 7) is 10.2. The summed E-state index contributed by atoms with van der Waals surface area (Å²) in [7, 11) is 2.07. The lowest BCUT2D eigenvalue weighted by Crippen LogP contribution is -2.58. The maximum Gasteiger partial charge on any atom is 0.255 e. The van der Waals surface area contributed by atoms with E-state index in [4.69, 9.17) is 11.5 Å². The number of nitrogen functional groups attached to an aromatic ring is 1. The zero-order valence-electron chi connectivity index (χ0n) is 24.6. The Morgan fingerprint density at radius 1 is 1.10 bits per heavy atom. The molecule has 1 saturated heterocycles. The number of rotatable bonds is 4. The number of aliphatic hydroxyl groups is 3. The Morgan fingerprint density at radius 2 is 1.71 bits per heavy atom. The average Bonchev–Trinajstić information content (AvgIpc) is 2.94. The van der Waals surface area contributed by atoms with Crippen LogP contribution in [0.4, 0.5) is 5.69 Å². The molecule has 5 rings (SSSR count). The largest absolute Gasteiger partial charge is 0.508 e. The first-order chi connectivity index (χ1) is 19.4. The number of anilines is 1. The Balaban J connectivity index is 0.00000111. The zero-order chi connectivity index (χ0) is 30.8. The number of phenols is 1. The third-order valence-corrected chi connectivity index (χ3v) is 8.48. The molecule has 1 aromatic rings. The van der Waals surface area contributed by atoms with Crippen LogP contribution >= 0.6 is 0 Å². The van der Waals surface area contributed by atoms with Gasteiger partial charge in [0.25, 0.3) is 5.91 Å². The number of nitrogens with two attached hydrogens (primary N) is 2. The quantitative estimate of drug-likeness (QED) is 0.159. The number of benzene rings is 1. The number of hydrogen-bond donors (Lipinski definition) is 7. The van der Waals surface area contributed by atoms with Crippen LogP contribution in [0.5, 0.6) is 5.75 Å². The minimum atomic E-state index is -2.58. The molecule has 4 aliphatic rings. The van der Waals surface area contributed by atoms with Crippen molar-refractivity contribution >= 4 is 28.9 Å². The van der Waals surface area contributed by atoms with Crippen LogP contribution in [-0.2, 0) is 27.3 Å². The standard InChI is InChI=1S/C26H32N4O7.2C2H6/c1-30-4-2-14(3-5-30)29-10-12-8-16(27)15-7-11-6-13-9-17(31)20(25(28)36)24(35)26(13,37)23(34)18(11)22(33)19(15)21(12)32;2*1-2/h8,11,13-14,29,32-33,35,37H,2-7,9-10,27H2,1H3,(H2,28,36);2*1-2H3/t11?,13-,26-;;/m0../s1. The van der Waals surface area contributed by atoms with Gasteiger partial charge in [-0.3, -0.25) is 14.4 Å². The maximum atomic E-state index is 13.6. The van der Waals surface area contributed by atoms with Crippen LogP contribution in [0.2, 0.25) is 0 Å². The number of primary amides is 1. The zero-order valence-corrected chi connectivity index (χ0v) is 24.6. The number of aliphatic hydroxyl groups excluding tert-OH is 2. The van der Waals surface area contributed by atoms with Crippen LogP contribution < -0.4 is 16.8 Å². The number of amides is 1. The van der Waals surface area contributed by atoms with Gasteiger partial charge >= 0.3 is 0 Å². The van der Waals surface area contributed by atoms with E-state index in [2.05, 4.69) is 17.3 Å². The summed E-state index contributed by atoms with van der Waals surface area (Å²) in [6.07, 6.45) is 1.81. The van der Waals surface area contributed by atoms with E-state index in [1.807, 2.05) is 27.7 Å². The third kappa shape index (κ3) is 5.45. The molecule has 0 bridgehead atoms. The van der Waals surface area contributed by atoms with Crippen molar-refractivity contribution in [3.8, 4) is 5.75 Å². The molecular weight excluding hydrogens is 528 g/mol. The van der Waals surface area contributed by atoms with E-state index in [-0.39, 0.29) is 42.2 Å². The van der Waals surface area contributed by atoms with Crippen LogP contribution in [0.3, 0.4) is 0 Å². The van der Waals surface area contributed by atoms with E-state index in [1.54, 1.807) is 6.07 Å². The van der Waals surface area contributed by atoms with Crippen molar-refractivity contribution in [2.45, 2.75) is 78.0 Å². The molecule has 1 aromatic carbocycles. The molecule has 2 fully saturated rings. The Labute approximate surface area is 240 Å². The number of nitrogens with zero attached hydrogens (tertiary/aromatic N) is 1. The predicted octanol–water partition coefficient (Wildman–Crippen LogP) is 2.24. The number of piperidine rings is 1. The smallest absolute Gasteiger partial charge is 0.255 e. The lowest BCUT2D eigenvalue weighted by molar-refractivity contribution is -0.147. The number of carbonyl (C=O) groups is 3. The fraction of sp³-hybridized carbons (Fsp3) is 0.567. The van der Waals surface area contributed by atoms with Crippen LogP contribution in [-0.4, -0.2) is 74.6 Å². The first-order valence-electron chi connectivity index (χ1n) is 14.5. The molecule has 0 spiro atoms. The summed E-state index contributed by atoms with van der Waals surface area (Å²) in [5.74, 6) is -6.46. The van der Waals surface area contributed by atoms with Crippen molar-refractivity contribution in [3.05, 3.63) is 39.7 Å². The molecule has 41 heavy (non-hydrogen) atoms. The summed E-state index contributed by atoms with van der Waals surface area (Å²) in [5, 5.41) is 47.8. The molecule has 0 aromatic heterocycles. The number of likely N-dealkylation sites (tertiary alicyclic amines) is 1. The highest BCUT2D eigenvalue weighted by Gasteiger charge is 2.60. The van der Waals surface area contributed by atoms with Gasteiger partial charge in [0.2, 0.25) is 5.78 Å². The Hall–Kier alpha value is -3.41. The SMILES string of the molecule is CC.CC.CN1CCC(NCc2cc(N)c3c(c2O)C(O)=C2C(=O)[C@]4(O)C(O)=C(C(N)=O)C(=O)C[C@@H]4CC2C3)CC1. The number of nitrogens with one attached hydrogen (secondary N) is 1. The number of Topliss-reactive ketones (excluding diaryl/α,β-unsaturated/α-hetero) is 2. The first-order valence-corrected chi connectivity index (χ1v) is 14.5. The summed E-state index contributed by atoms with van der Waals surface area (Å²) in [5.41, 5.74) is 9.31. The second-order valence-corrected chi connectivity index (χ2v) is 10.7. The summed E-state index contributed by atoms with van der Waals surface area (Å²) >= 11 is 0. The molecule has 1 aliphatic heterocycles. The van der Waals surface area contributed by atoms with Gasteiger partial charge in [0, 0.05) is 41.7 Å². The molecule has 1 unspecified atom stereocenters. The first kappa shape index (κ1) is 32.1. The van der Waals surface area contributed by atoms with E-state index >= 15 is 0 Å². The normalized spacial score (nSPS) is 26.2. The highest BCUT2D eigenvalue weighted by atomic mass is 16.3. The van der Waals surface area contributed by atoms with E-state index in [1.165, 1.54) is 0 Å². The van der Waals surface area contributed by atoms with Crippen molar-refractivity contribution in [3.63, 3.8) is 0 Å². The van der Waals surface area contributed by atoms with Gasteiger partial charge in [0.05, 0.1) is 5.56 Å². The molecule has 9 N–H and O–H groups in total. The number of fused-ring (bicyclic) bond motifs is 3. The molecule has 226 valence electrons. The minimum absolute atomic E-state index is 0.0207. The van der Waals surface area contributed by atoms with Crippen molar-refractivity contribution in [2.24, 2.45) is 17.6 Å². The van der Waals surface area contributed by atoms with Gasteiger partial charge < -0.3 is 42.1 Å². The van der Waals surface area contributed by atoms with Crippen LogP contribution in [0.15, 0.2) is 23.0 Å². The molecule has 3 atom stereocenters. The van der Waals surface area contributed by atoms with Gasteiger partial charge in [0.1, 0.15) is 22.8 Å². The van der Waals surface area contributed by atoms with Gasteiger partial charge in [-0.15, -0.1) is 0 Å². The van der Waals surface area contributed by atoms with Crippen molar-refractivity contribution < 1.29 is 34.8 Å². The molecule has 1 amide bonds. The molecule has 11 heteroatoms. The lowest BCUT2D eigenvalue weighted by Gasteiger charge is -2.46. The fourth-order valence-electron chi connectivity index (χ4n) is 6.38. The van der Waals surface area contributed by atoms with Gasteiger partial charge in [-0.1, -0.05) is 27.7 Å². The number of aromatic hydroxyl groups is 1. The van der Waals surface area contributed by atoms with Crippen LogP contribution in [0.25, 0.3) is 5.76 Å². The predicted molar refractivity (Wildman–Crippen MR) is 156 cm³/mol. The molecule has 11 nitrogen and oxygen atoms in total. The summed E-state index contributed by atoms with van der Waals surface area (Å²) in [4.78, 5) is 40.1. The second kappa shape index (κ2) is 12.6. The van der Waals surface area contributed by atoms with E-state index < -0.39 is 52.0 Å². The summed E-state index contributed by atoms with van der Waals surface area (Å²) < 4.78 is 0. The van der Waals surface area contributed by atoms with Crippen molar-refractivity contribution in [1.29, 1.82) is 0 Å². The second-order valence-electron chi connectivity index (χ2n) is 10.7. The molecule has 1 saturated carbocycles. The fourth-order valence-corrected chi connectivity index (χ4v) is 6.38. The third-order valence-electron chi connectivity index (χ3n) is 8.48. The van der Waals surface area contributed by atoms with Gasteiger partial charge in [0.15, 0.2) is 11.4 Å². The van der Waals surface area contributed by atoms with Gasteiger partial charge in [-0.25, -0.2) is 0 Å². The number of ketones is 2. The minimum Gasteiger partial charge on any atom is -0.508 e. The van der Waals surface area contributed by atoms with Crippen molar-refractivity contribution in [1.82, 2.24) is 10.2 Å². The number of carbonyl (C=O) groups excluding carboxylic acids is 3. The number of phenolic OH excluding ortho intramolecular Hbond substituents is 1. The molecular formula is C30H44N4O7. The van der Waals surface area contributed by atoms with Gasteiger partial charge in [-0.2, -0.15) is 0 Å².